The van der Waals surface area contributed by atoms with E-state index in [1.807, 2.05) is 0 Å². The summed E-state index contributed by atoms with van der Waals surface area (Å²) >= 11 is 0. The maximum Gasteiger partial charge on any atom is 0.0220 e. The van der Waals surface area contributed by atoms with Crippen molar-refractivity contribution in [3.8, 4) is 0 Å². The van der Waals surface area contributed by atoms with Gasteiger partial charge >= 0.3 is 0 Å². The van der Waals surface area contributed by atoms with Gasteiger partial charge in [0.05, 0.1) is 0 Å². The molecule has 0 aliphatic heterocycles. The van der Waals surface area contributed by atoms with Gasteiger partial charge in [0.15, 0.2) is 0 Å². The predicted molar refractivity (Wildman–Crippen MR) is 134 cm³/mol. The fourth-order valence-corrected chi connectivity index (χ4v) is 4.33. The Morgan fingerprint density at radius 3 is 0.862 bits per heavy atom. The largest absolute Gasteiger partial charge is 0.299 e. The third-order valence-electron chi connectivity index (χ3n) is 6.46. The van der Waals surface area contributed by atoms with E-state index in [4.69, 9.17) is 0 Å². The van der Waals surface area contributed by atoms with Crippen molar-refractivity contribution in [1.82, 2.24) is 4.90 Å². The second-order valence-electron chi connectivity index (χ2n) is 9.37. The first-order valence-corrected chi connectivity index (χ1v) is 13.9. The molecule has 0 fully saturated rings. The molecule has 0 bridgehead atoms. The number of rotatable bonds is 25. The van der Waals surface area contributed by atoms with Crippen LogP contribution in [0.2, 0.25) is 0 Å². The zero-order valence-electron chi connectivity index (χ0n) is 21.0. The van der Waals surface area contributed by atoms with Crippen LogP contribution in [0.5, 0.6) is 0 Å². The van der Waals surface area contributed by atoms with Crippen molar-refractivity contribution < 1.29 is 0 Å². The molecule has 0 aromatic carbocycles. The molecule has 0 aromatic heterocycles. The van der Waals surface area contributed by atoms with Gasteiger partial charge in [-0.3, -0.25) is 4.90 Å². The molecule has 0 amide bonds. The highest BCUT2D eigenvalue weighted by Crippen LogP contribution is 2.13. The van der Waals surface area contributed by atoms with Crippen molar-refractivity contribution in [2.75, 3.05) is 13.1 Å². The van der Waals surface area contributed by atoms with Crippen molar-refractivity contribution in [3.05, 3.63) is 6.54 Å². The van der Waals surface area contributed by atoms with Crippen LogP contribution in [-0.4, -0.2) is 18.0 Å². The summed E-state index contributed by atoms with van der Waals surface area (Å²) in [5, 5.41) is 0. The normalized spacial score (nSPS) is 11.6. The molecule has 0 saturated carbocycles. The lowest BCUT2D eigenvalue weighted by atomic mass is 10.1. The number of nitrogens with zero attached hydrogens (tertiary/aromatic N) is 1. The minimum absolute atomic E-state index is 1.28. The molecule has 0 N–H and O–H groups in total. The van der Waals surface area contributed by atoms with Gasteiger partial charge in [-0.25, -0.2) is 0 Å². The highest BCUT2D eigenvalue weighted by atomic mass is 15.1. The molecule has 0 saturated heterocycles. The Bertz CT molecular complexity index is 249. The Hall–Kier alpha value is -0.0400. The molecule has 0 spiro atoms. The van der Waals surface area contributed by atoms with Crippen molar-refractivity contribution >= 4 is 0 Å². The monoisotopic (exact) mass is 408 g/mol. The lowest BCUT2D eigenvalue weighted by molar-refractivity contribution is 0.316. The van der Waals surface area contributed by atoms with Gasteiger partial charge in [0.25, 0.3) is 0 Å². The smallest absolute Gasteiger partial charge is 0.0220 e. The quantitative estimate of drug-likeness (QED) is 0.136. The van der Waals surface area contributed by atoms with Crippen molar-refractivity contribution in [1.29, 1.82) is 0 Å². The van der Waals surface area contributed by atoms with E-state index in [9.17, 15) is 0 Å². The first kappa shape index (κ1) is 29.0. The summed E-state index contributed by atoms with van der Waals surface area (Å²) in [6.07, 6.45) is 31.7. The van der Waals surface area contributed by atoms with Crippen molar-refractivity contribution in [3.63, 3.8) is 0 Å². The van der Waals surface area contributed by atoms with Gasteiger partial charge < -0.3 is 0 Å². The van der Waals surface area contributed by atoms with Gasteiger partial charge in [0.2, 0.25) is 0 Å². The van der Waals surface area contributed by atoms with Gasteiger partial charge in [-0.05, 0) is 32.9 Å². The summed E-state index contributed by atoms with van der Waals surface area (Å²) in [4.78, 5) is 2.57. The minimum Gasteiger partial charge on any atom is -0.299 e. The summed E-state index contributed by atoms with van der Waals surface area (Å²) in [7, 11) is 0. The highest BCUT2D eigenvalue weighted by Gasteiger charge is 2.02. The molecule has 1 heteroatoms. The molecule has 1 nitrogen and oxygen atoms in total. The molecule has 29 heavy (non-hydrogen) atoms. The number of unbranched alkanes of at least 4 members (excludes halogenated alkanes) is 20. The first-order valence-electron chi connectivity index (χ1n) is 13.9. The summed E-state index contributed by atoms with van der Waals surface area (Å²) in [5.74, 6) is 0. The van der Waals surface area contributed by atoms with E-state index >= 15 is 0 Å². The Morgan fingerprint density at radius 1 is 0.379 bits per heavy atom. The SMILES string of the molecule is C[CH]N(CCCCCCCCCCCCC)CCCCCCCCCCCCC. The second-order valence-corrected chi connectivity index (χ2v) is 9.37. The van der Waals surface area contributed by atoms with Crippen molar-refractivity contribution in [2.24, 2.45) is 0 Å². The standard InChI is InChI=1S/C28H58N/c1-4-7-9-11-13-15-17-19-21-23-25-27-29(6-3)28-26-24-22-20-18-16-14-12-10-8-5-2/h6H,4-5,7-28H2,1-3H3. The number of hydrogen-bond donors (Lipinski definition) is 0. The fraction of sp³-hybridized carbons (Fsp3) is 0.964. The first-order chi connectivity index (χ1) is 14.3. The molecule has 175 valence electrons. The fourth-order valence-electron chi connectivity index (χ4n) is 4.33. The average molecular weight is 409 g/mol. The molecule has 0 atom stereocenters. The molecule has 0 aromatic rings. The van der Waals surface area contributed by atoms with Crippen LogP contribution >= 0.6 is 0 Å². The Morgan fingerprint density at radius 2 is 0.621 bits per heavy atom. The Labute approximate surface area is 186 Å². The Balaban J connectivity index is 3.27. The van der Waals surface area contributed by atoms with Crippen LogP contribution in [0.3, 0.4) is 0 Å². The summed E-state index contributed by atoms with van der Waals surface area (Å²) in [5.41, 5.74) is 0. The third kappa shape index (κ3) is 24.1. The predicted octanol–water partition coefficient (Wildman–Crippen LogP) is 10.1. The molecular weight excluding hydrogens is 350 g/mol. The lowest BCUT2D eigenvalue weighted by Crippen LogP contribution is -2.22. The maximum atomic E-state index is 2.57. The van der Waals surface area contributed by atoms with Crippen molar-refractivity contribution in [2.45, 2.75) is 162 Å². The summed E-state index contributed by atoms with van der Waals surface area (Å²) in [6, 6.07) is 0. The third-order valence-corrected chi connectivity index (χ3v) is 6.46. The Kier molecular flexibility index (Phi) is 26.0. The molecule has 0 rings (SSSR count). The van der Waals surface area contributed by atoms with Crippen LogP contribution in [0.25, 0.3) is 0 Å². The van der Waals surface area contributed by atoms with Crippen LogP contribution < -0.4 is 0 Å². The molecule has 0 unspecified atom stereocenters. The lowest BCUT2D eigenvalue weighted by Gasteiger charge is -2.19. The topological polar surface area (TPSA) is 3.24 Å². The minimum atomic E-state index is 1.28. The van der Waals surface area contributed by atoms with Gasteiger partial charge in [-0.2, -0.15) is 0 Å². The van der Waals surface area contributed by atoms with Crippen LogP contribution in [-0.2, 0) is 0 Å². The maximum absolute atomic E-state index is 2.57. The van der Waals surface area contributed by atoms with Crippen LogP contribution in [0.1, 0.15) is 162 Å². The van der Waals surface area contributed by atoms with E-state index in [-0.39, 0.29) is 0 Å². The molecular formula is C28H58N. The van der Waals surface area contributed by atoms with Crippen LogP contribution in [0.4, 0.5) is 0 Å². The van der Waals surface area contributed by atoms with E-state index in [1.54, 1.807) is 0 Å². The molecule has 0 heterocycles. The zero-order valence-corrected chi connectivity index (χ0v) is 21.0. The van der Waals surface area contributed by atoms with E-state index in [1.165, 1.54) is 154 Å². The van der Waals surface area contributed by atoms with Crippen LogP contribution in [0.15, 0.2) is 0 Å². The summed E-state index contributed by atoms with van der Waals surface area (Å²) in [6.45, 7) is 11.7. The van der Waals surface area contributed by atoms with Gasteiger partial charge in [0.1, 0.15) is 0 Å². The van der Waals surface area contributed by atoms with Gasteiger partial charge in [-0.15, -0.1) is 0 Å². The number of hydrogen-bond acceptors (Lipinski definition) is 1. The highest BCUT2D eigenvalue weighted by molar-refractivity contribution is 4.64. The van der Waals surface area contributed by atoms with E-state index in [2.05, 4.69) is 32.2 Å². The van der Waals surface area contributed by atoms with Crippen LogP contribution in [0, 0.1) is 6.54 Å². The van der Waals surface area contributed by atoms with E-state index in [0.29, 0.717) is 0 Å². The van der Waals surface area contributed by atoms with E-state index in [0.717, 1.165) is 0 Å². The second kappa shape index (κ2) is 26.0. The zero-order chi connectivity index (χ0) is 21.3. The summed E-state index contributed by atoms with van der Waals surface area (Å²) < 4.78 is 0. The molecule has 0 aliphatic carbocycles. The molecule has 0 aliphatic rings. The van der Waals surface area contributed by atoms with E-state index < -0.39 is 0 Å². The van der Waals surface area contributed by atoms with Gasteiger partial charge in [0, 0.05) is 6.54 Å². The molecule has 1 radical (unpaired) electrons. The van der Waals surface area contributed by atoms with Gasteiger partial charge in [-0.1, -0.05) is 142 Å². The average Bonchev–Trinajstić information content (AvgIpc) is 2.74.